The molecule has 0 heterocycles. The molecule has 0 amide bonds. The Bertz CT molecular complexity index is 1210. The van der Waals surface area contributed by atoms with Crippen molar-refractivity contribution in [1.82, 2.24) is 0 Å². The van der Waals surface area contributed by atoms with Crippen molar-refractivity contribution in [1.29, 1.82) is 0 Å². The molecule has 0 saturated heterocycles. The molecule has 0 aromatic carbocycles. The third-order valence-electron chi connectivity index (χ3n) is 12.2. The normalized spacial score (nSPS) is 13.6. The summed E-state index contributed by atoms with van der Waals surface area (Å²) in [7, 11) is 1.47. The molecule has 0 radical (unpaired) electrons. The van der Waals surface area contributed by atoms with Gasteiger partial charge in [0.25, 0.3) is 0 Å². The Morgan fingerprint density at radius 2 is 0.864 bits per heavy atom. The zero-order valence-corrected chi connectivity index (χ0v) is 44.8. The standard InChI is InChI=1S/C56H106NO8P/c1-6-8-10-12-14-16-18-20-22-23-24-25-26-27-28-29-30-31-32-33-35-36-38-40-42-44-46-48-55(58)62-52-54(53-64-66(60,61)63-51-50-57(3,4)5)65-56(59)49-47-45-43-41-39-37-34-21-19-17-15-13-11-9-7-2/h9,11,15,17,21,34,54H,6-8,10,12-14,16,18-20,22-33,35-53H2,1-5H3/p+1/b11-9-,17-15-,34-21-. The van der Waals surface area contributed by atoms with Crippen molar-refractivity contribution in [3.05, 3.63) is 36.5 Å². The monoisotopic (exact) mass is 953 g/mol. The van der Waals surface area contributed by atoms with Crippen LogP contribution in [0.4, 0.5) is 0 Å². The van der Waals surface area contributed by atoms with Gasteiger partial charge in [0.2, 0.25) is 0 Å². The van der Waals surface area contributed by atoms with E-state index in [9.17, 15) is 19.0 Å². The molecule has 0 aromatic rings. The second-order valence-electron chi connectivity index (χ2n) is 19.9. The molecule has 66 heavy (non-hydrogen) atoms. The van der Waals surface area contributed by atoms with Gasteiger partial charge in [0.05, 0.1) is 27.7 Å². The number of hydrogen-bond acceptors (Lipinski definition) is 7. The van der Waals surface area contributed by atoms with Gasteiger partial charge in [0, 0.05) is 12.8 Å². The average Bonchev–Trinajstić information content (AvgIpc) is 3.27. The number of hydrogen-bond donors (Lipinski definition) is 1. The first-order valence-electron chi connectivity index (χ1n) is 27.7. The van der Waals surface area contributed by atoms with Crippen molar-refractivity contribution < 1.29 is 42.1 Å². The lowest BCUT2D eigenvalue weighted by atomic mass is 10.0. The fourth-order valence-electron chi connectivity index (χ4n) is 7.91. The van der Waals surface area contributed by atoms with Crippen molar-refractivity contribution in [2.75, 3.05) is 47.5 Å². The van der Waals surface area contributed by atoms with Gasteiger partial charge in [-0.05, 0) is 44.9 Å². The number of rotatable bonds is 51. The summed E-state index contributed by atoms with van der Waals surface area (Å²) in [5.41, 5.74) is 0. The second-order valence-corrected chi connectivity index (χ2v) is 21.4. The van der Waals surface area contributed by atoms with E-state index >= 15 is 0 Å². The van der Waals surface area contributed by atoms with Crippen LogP contribution in [0, 0.1) is 0 Å². The second kappa shape index (κ2) is 48.3. The minimum atomic E-state index is -4.38. The molecular weight excluding hydrogens is 846 g/mol. The minimum absolute atomic E-state index is 0.0290. The number of nitrogens with zero attached hydrogens (tertiary/aromatic N) is 1. The highest BCUT2D eigenvalue weighted by atomic mass is 31.2. The van der Waals surface area contributed by atoms with Crippen LogP contribution in [0.2, 0.25) is 0 Å². The zero-order chi connectivity index (χ0) is 48.5. The van der Waals surface area contributed by atoms with Gasteiger partial charge in [-0.3, -0.25) is 18.6 Å². The molecule has 0 rings (SSSR count). The molecule has 10 heteroatoms. The summed E-state index contributed by atoms with van der Waals surface area (Å²) < 4.78 is 34.5. The van der Waals surface area contributed by atoms with Gasteiger partial charge in [-0.25, -0.2) is 4.57 Å². The Morgan fingerprint density at radius 3 is 1.29 bits per heavy atom. The number of ether oxygens (including phenoxy) is 2. The third kappa shape index (κ3) is 51.6. The number of allylic oxidation sites excluding steroid dienone is 6. The maximum atomic E-state index is 12.7. The van der Waals surface area contributed by atoms with Crippen LogP contribution in [-0.4, -0.2) is 74.9 Å². The molecule has 2 atom stereocenters. The van der Waals surface area contributed by atoms with Gasteiger partial charge in [-0.15, -0.1) is 0 Å². The summed E-state index contributed by atoms with van der Waals surface area (Å²) in [6.45, 7) is 4.33. The van der Waals surface area contributed by atoms with E-state index in [1.54, 1.807) is 0 Å². The number of carbonyl (C=O) groups is 2. The first kappa shape index (κ1) is 64.2. The molecule has 0 fully saturated rings. The van der Waals surface area contributed by atoms with E-state index in [1.165, 1.54) is 154 Å². The third-order valence-corrected chi connectivity index (χ3v) is 13.2. The quantitative estimate of drug-likeness (QED) is 0.0211. The van der Waals surface area contributed by atoms with Crippen LogP contribution in [0.25, 0.3) is 0 Å². The van der Waals surface area contributed by atoms with E-state index in [0.717, 1.165) is 70.6 Å². The highest BCUT2D eigenvalue weighted by Crippen LogP contribution is 2.43. The Balaban J connectivity index is 4.09. The zero-order valence-electron chi connectivity index (χ0n) is 43.9. The number of phosphoric acid groups is 1. The van der Waals surface area contributed by atoms with Crippen molar-refractivity contribution in [3.8, 4) is 0 Å². The molecule has 0 spiro atoms. The molecule has 1 N–H and O–H groups in total. The van der Waals surface area contributed by atoms with E-state index in [2.05, 4.69) is 50.3 Å². The van der Waals surface area contributed by atoms with E-state index < -0.39 is 26.5 Å². The topological polar surface area (TPSA) is 108 Å². The summed E-state index contributed by atoms with van der Waals surface area (Å²) in [6.07, 6.45) is 57.9. The van der Waals surface area contributed by atoms with E-state index in [0.29, 0.717) is 17.4 Å². The minimum Gasteiger partial charge on any atom is -0.462 e. The van der Waals surface area contributed by atoms with Crippen LogP contribution >= 0.6 is 7.82 Å². The Labute approximate surface area is 408 Å². The molecule has 0 aliphatic rings. The van der Waals surface area contributed by atoms with Crippen molar-refractivity contribution in [2.24, 2.45) is 0 Å². The van der Waals surface area contributed by atoms with Crippen LogP contribution < -0.4 is 0 Å². The molecule has 0 bridgehead atoms. The SMILES string of the molecule is CC/C=C\C/C=C\C/C=C\CCCCCCCC(=O)OC(COC(=O)CCCCCCCCCCCCCCCCCCCCCCCCCCCCC)COP(=O)(O)OCC[N+](C)(C)C. The van der Waals surface area contributed by atoms with Crippen molar-refractivity contribution in [2.45, 2.75) is 264 Å². The Morgan fingerprint density at radius 1 is 0.485 bits per heavy atom. The first-order chi connectivity index (χ1) is 32.0. The summed E-state index contributed by atoms with van der Waals surface area (Å²) >= 11 is 0. The summed E-state index contributed by atoms with van der Waals surface area (Å²) in [4.78, 5) is 35.6. The summed E-state index contributed by atoms with van der Waals surface area (Å²) in [6, 6.07) is 0. The van der Waals surface area contributed by atoms with E-state index in [-0.39, 0.29) is 32.0 Å². The van der Waals surface area contributed by atoms with E-state index in [1.807, 2.05) is 21.1 Å². The smallest absolute Gasteiger partial charge is 0.462 e. The predicted molar refractivity (Wildman–Crippen MR) is 280 cm³/mol. The van der Waals surface area contributed by atoms with Crippen LogP contribution in [-0.2, 0) is 32.7 Å². The van der Waals surface area contributed by atoms with Gasteiger partial charge in [-0.1, -0.05) is 237 Å². The molecule has 0 aromatic heterocycles. The molecule has 0 aliphatic carbocycles. The number of likely N-dealkylation sites (N-methyl/N-ethyl adjacent to an activating group) is 1. The number of quaternary nitrogens is 1. The largest absolute Gasteiger partial charge is 0.472 e. The lowest BCUT2D eigenvalue weighted by molar-refractivity contribution is -0.870. The maximum absolute atomic E-state index is 12.7. The van der Waals surface area contributed by atoms with Crippen molar-refractivity contribution in [3.63, 3.8) is 0 Å². The van der Waals surface area contributed by atoms with Gasteiger partial charge >= 0.3 is 19.8 Å². The number of carbonyl (C=O) groups excluding carboxylic acids is 2. The average molecular weight is 953 g/mol. The van der Waals surface area contributed by atoms with Gasteiger partial charge in [0.1, 0.15) is 19.8 Å². The maximum Gasteiger partial charge on any atom is 0.472 e. The molecular formula is C56H107NO8P+. The first-order valence-corrected chi connectivity index (χ1v) is 29.2. The number of unbranched alkanes of at least 4 members (excludes halogenated alkanes) is 31. The van der Waals surface area contributed by atoms with Gasteiger partial charge < -0.3 is 18.9 Å². The Kier molecular flexibility index (Phi) is 47.0. The molecule has 388 valence electrons. The Hall–Kier alpha value is -1.77. The van der Waals surface area contributed by atoms with Crippen LogP contribution in [0.1, 0.15) is 258 Å². The van der Waals surface area contributed by atoms with Crippen molar-refractivity contribution >= 4 is 19.8 Å². The highest BCUT2D eigenvalue weighted by molar-refractivity contribution is 7.47. The molecule has 0 saturated carbocycles. The number of esters is 2. The summed E-state index contributed by atoms with van der Waals surface area (Å²) in [5, 5.41) is 0. The lowest BCUT2D eigenvalue weighted by Crippen LogP contribution is -2.37. The molecule has 0 aliphatic heterocycles. The number of phosphoric ester groups is 1. The predicted octanol–water partition coefficient (Wildman–Crippen LogP) is 16.8. The highest BCUT2D eigenvalue weighted by Gasteiger charge is 2.27. The summed E-state index contributed by atoms with van der Waals surface area (Å²) in [5.74, 6) is -0.807. The van der Waals surface area contributed by atoms with Crippen LogP contribution in [0.15, 0.2) is 36.5 Å². The van der Waals surface area contributed by atoms with E-state index in [4.69, 9.17) is 18.5 Å². The fourth-order valence-corrected chi connectivity index (χ4v) is 8.66. The van der Waals surface area contributed by atoms with Gasteiger partial charge in [-0.2, -0.15) is 0 Å². The molecule has 9 nitrogen and oxygen atoms in total. The fraction of sp³-hybridized carbons (Fsp3) is 0.857. The molecule has 2 unspecified atom stereocenters. The van der Waals surface area contributed by atoms with Crippen LogP contribution in [0.5, 0.6) is 0 Å². The lowest BCUT2D eigenvalue weighted by Gasteiger charge is -2.24. The van der Waals surface area contributed by atoms with Crippen LogP contribution in [0.3, 0.4) is 0 Å². The van der Waals surface area contributed by atoms with Gasteiger partial charge in [0.15, 0.2) is 6.10 Å².